The summed E-state index contributed by atoms with van der Waals surface area (Å²) < 4.78 is 72.1. The standard InChI is InChI=1S/C7H7F4N3O4S/c8-4(7(9,10)11)2-12-19(17,18)5-1-3(6(15)16)13-14-5/h1,4,12H,2H2,(H,13,14)(H,15,16). The Morgan fingerprint density at radius 3 is 2.53 bits per heavy atom. The quantitative estimate of drug-likeness (QED) is 0.677. The third-order valence-corrected chi connectivity index (χ3v) is 3.21. The molecule has 0 bridgehead atoms. The zero-order valence-electron chi connectivity index (χ0n) is 8.90. The average molecular weight is 305 g/mol. The highest BCUT2D eigenvalue weighted by Gasteiger charge is 2.40. The first-order valence-corrected chi connectivity index (χ1v) is 6.01. The van der Waals surface area contributed by atoms with Crippen LogP contribution in [0.1, 0.15) is 10.5 Å². The minimum Gasteiger partial charge on any atom is -0.476 e. The van der Waals surface area contributed by atoms with Gasteiger partial charge in [-0.3, -0.25) is 5.10 Å². The molecule has 12 heteroatoms. The van der Waals surface area contributed by atoms with Crippen molar-refractivity contribution in [2.24, 2.45) is 0 Å². The van der Waals surface area contributed by atoms with Crippen LogP contribution in [0.5, 0.6) is 0 Å². The van der Waals surface area contributed by atoms with Crippen molar-refractivity contribution < 1.29 is 35.9 Å². The van der Waals surface area contributed by atoms with Gasteiger partial charge in [0.05, 0.1) is 6.54 Å². The first-order valence-electron chi connectivity index (χ1n) is 4.53. The van der Waals surface area contributed by atoms with Crippen molar-refractivity contribution in [3.8, 4) is 0 Å². The Kier molecular flexibility index (Phi) is 4.15. The lowest BCUT2D eigenvalue weighted by Crippen LogP contribution is -2.38. The van der Waals surface area contributed by atoms with E-state index in [4.69, 9.17) is 5.11 Å². The van der Waals surface area contributed by atoms with Gasteiger partial charge < -0.3 is 5.11 Å². The zero-order chi connectivity index (χ0) is 14.8. The molecule has 1 aromatic heterocycles. The number of hydrogen-bond donors (Lipinski definition) is 3. The van der Waals surface area contributed by atoms with Gasteiger partial charge in [-0.15, -0.1) is 0 Å². The first-order chi connectivity index (χ1) is 8.54. The number of hydrogen-bond acceptors (Lipinski definition) is 4. The van der Waals surface area contributed by atoms with Crippen LogP contribution in [0.4, 0.5) is 17.6 Å². The van der Waals surface area contributed by atoms with Gasteiger partial charge in [0.2, 0.25) is 6.17 Å². The molecule has 1 unspecified atom stereocenters. The number of carboxylic acids is 1. The Morgan fingerprint density at radius 2 is 2.11 bits per heavy atom. The van der Waals surface area contributed by atoms with Crippen LogP contribution in [0.2, 0.25) is 0 Å². The van der Waals surface area contributed by atoms with Crippen molar-refractivity contribution in [3.63, 3.8) is 0 Å². The highest BCUT2D eigenvalue weighted by atomic mass is 32.2. The minimum atomic E-state index is -5.19. The third kappa shape index (κ3) is 3.89. The number of sulfonamides is 1. The molecule has 7 nitrogen and oxygen atoms in total. The molecule has 3 N–H and O–H groups in total. The molecule has 0 saturated heterocycles. The van der Waals surface area contributed by atoms with Gasteiger partial charge in [-0.2, -0.15) is 18.3 Å². The minimum absolute atomic E-state index is 0.589. The largest absolute Gasteiger partial charge is 0.476 e. The number of aromatic nitrogens is 2. The summed E-state index contributed by atoms with van der Waals surface area (Å²) in [4.78, 5) is 10.4. The highest BCUT2D eigenvalue weighted by Crippen LogP contribution is 2.22. The van der Waals surface area contributed by atoms with Crippen LogP contribution in [-0.4, -0.2) is 48.6 Å². The van der Waals surface area contributed by atoms with Gasteiger partial charge in [0.15, 0.2) is 10.7 Å². The summed E-state index contributed by atoms with van der Waals surface area (Å²) in [6.45, 7) is -1.52. The van der Waals surface area contributed by atoms with E-state index in [0.717, 1.165) is 0 Å². The molecule has 108 valence electrons. The van der Waals surface area contributed by atoms with E-state index in [2.05, 4.69) is 5.10 Å². The molecule has 0 saturated carbocycles. The smallest absolute Gasteiger partial charge is 0.420 e. The normalized spacial score (nSPS) is 14.3. The molecule has 0 radical (unpaired) electrons. The van der Waals surface area contributed by atoms with Crippen molar-refractivity contribution in [3.05, 3.63) is 11.8 Å². The Balaban J connectivity index is 2.79. The van der Waals surface area contributed by atoms with E-state index >= 15 is 0 Å². The summed E-state index contributed by atoms with van der Waals surface area (Å²) in [7, 11) is -4.50. The van der Waals surface area contributed by atoms with E-state index in [1.54, 1.807) is 5.10 Å². The number of halogens is 4. The fraction of sp³-hybridized carbons (Fsp3) is 0.429. The summed E-state index contributed by atoms with van der Waals surface area (Å²) in [5, 5.41) is 12.6. The van der Waals surface area contributed by atoms with Crippen LogP contribution in [0.3, 0.4) is 0 Å². The molecule has 0 fully saturated rings. The van der Waals surface area contributed by atoms with Crippen molar-refractivity contribution in [2.75, 3.05) is 6.54 Å². The molecule has 0 spiro atoms. The van der Waals surface area contributed by atoms with Gasteiger partial charge in [-0.05, 0) is 0 Å². The van der Waals surface area contributed by atoms with Gasteiger partial charge in [-0.25, -0.2) is 22.3 Å². The lowest BCUT2D eigenvalue weighted by atomic mass is 10.4. The SMILES string of the molecule is O=C(O)c1cc(S(=O)(=O)NCC(F)C(F)(F)F)[nH]n1. The fourth-order valence-electron chi connectivity index (χ4n) is 0.928. The molecule has 1 atom stereocenters. The molecular weight excluding hydrogens is 298 g/mol. The van der Waals surface area contributed by atoms with E-state index < -0.39 is 45.6 Å². The summed E-state index contributed by atoms with van der Waals surface area (Å²) >= 11 is 0. The maximum atomic E-state index is 12.5. The van der Waals surface area contributed by atoms with E-state index in [1.807, 2.05) is 0 Å². The molecule has 19 heavy (non-hydrogen) atoms. The molecule has 0 aliphatic carbocycles. The number of aromatic amines is 1. The molecule has 0 aliphatic heterocycles. The average Bonchev–Trinajstić information content (AvgIpc) is 2.74. The van der Waals surface area contributed by atoms with Crippen molar-refractivity contribution in [1.82, 2.24) is 14.9 Å². The molecule has 1 aromatic rings. The Morgan fingerprint density at radius 1 is 1.53 bits per heavy atom. The van der Waals surface area contributed by atoms with Crippen LogP contribution in [-0.2, 0) is 10.0 Å². The monoisotopic (exact) mass is 305 g/mol. The Hall–Kier alpha value is -1.69. The maximum Gasteiger partial charge on any atom is 0.420 e. The van der Waals surface area contributed by atoms with Crippen LogP contribution >= 0.6 is 0 Å². The fourth-order valence-corrected chi connectivity index (χ4v) is 1.88. The third-order valence-electron chi connectivity index (χ3n) is 1.87. The molecule has 1 rings (SSSR count). The van der Waals surface area contributed by atoms with Crippen LogP contribution < -0.4 is 4.72 Å². The topological polar surface area (TPSA) is 112 Å². The predicted octanol–water partition coefficient (Wildman–Crippen LogP) is 0.287. The first kappa shape index (κ1) is 15.4. The molecule has 0 amide bonds. The second-order valence-electron chi connectivity index (χ2n) is 3.28. The predicted molar refractivity (Wildman–Crippen MR) is 51.7 cm³/mol. The summed E-state index contributed by atoms with van der Waals surface area (Å²) in [5.41, 5.74) is -0.645. The summed E-state index contributed by atoms with van der Waals surface area (Å²) in [6, 6.07) is 0.589. The van der Waals surface area contributed by atoms with E-state index in [0.29, 0.717) is 6.07 Å². The van der Waals surface area contributed by atoms with Gasteiger partial charge in [-0.1, -0.05) is 0 Å². The van der Waals surface area contributed by atoms with Crippen LogP contribution in [0.15, 0.2) is 11.1 Å². The number of aromatic carboxylic acids is 1. The van der Waals surface area contributed by atoms with Crippen molar-refractivity contribution >= 4 is 16.0 Å². The van der Waals surface area contributed by atoms with E-state index in [1.165, 1.54) is 4.72 Å². The second-order valence-corrected chi connectivity index (χ2v) is 5.02. The maximum absolute atomic E-state index is 12.5. The van der Waals surface area contributed by atoms with Gasteiger partial charge in [0.25, 0.3) is 10.0 Å². The number of alkyl halides is 4. The number of H-pyrrole nitrogens is 1. The lowest BCUT2D eigenvalue weighted by Gasteiger charge is -2.12. The summed E-state index contributed by atoms with van der Waals surface area (Å²) in [5.74, 6) is -1.53. The van der Waals surface area contributed by atoms with Crippen LogP contribution in [0, 0.1) is 0 Å². The second kappa shape index (κ2) is 5.13. The number of nitrogens with zero attached hydrogens (tertiary/aromatic N) is 1. The van der Waals surface area contributed by atoms with Gasteiger partial charge >= 0.3 is 12.1 Å². The van der Waals surface area contributed by atoms with Crippen LogP contribution in [0.25, 0.3) is 0 Å². The number of rotatable bonds is 5. The number of carbonyl (C=O) groups is 1. The molecular formula is C7H7F4N3O4S. The van der Waals surface area contributed by atoms with E-state index in [9.17, 15) is 30.8 Å². The van der Waals surface area contributed by atoms with Gasteiger partial charge in [0.1, 0.15) is 0 Å². The highest BCUT2D eigenvalue weighted by molar-refractivity contribution is 7.89. The summed E-state index contributed by atoms with van der Waals surface area (Å²) in [6.07, 6.45) is -8.56. The van der Waals surface area contributed by atoms with Crippen molar-refractivity contribution in [2.45, 2.75) is 17.4 Å². The Labute approximate surface area is 103 Å². The zero-order valence-corrected chi connectivity index (χ0v) is 9.72. The number of carboxylic acid groups (broad SMARTS) is 1. The number of nitrogens with one attached hydrogen (secondary N) is 2. The van der Waals surface area contributed by atoms with E-state index in [-0.39, 0.29) is 0 Å². The van der Waals surface area contributed by atoms with Gasteiger partial charge in [0, 0.05) is 6.07 Å². The molecule has 0 aliphatic rings. The molecule has 0 aromatic carbocycles. The Bertz CT molecular complexity index is 567. The van der Waals surface area contributed by atoms with Crippen molar-refractivity contribution in [1.29, 1.82) is 0 Å². The molecule has 1 heterocycles. The lowest BCUT2D eigenvalue weighted by molar-refractivity contribution is -0.177.